The van der Waals surface area contributed by atoms with Gasteiger partial charge >= 0.3 is 0 Å². The molecule has 0 saturated carbocycles. The molecule has 1 atom stereocenters. The quantitative estimate of drug-likeness (QED) is 0.689. The Hall–Kier alpha value is -1.36. The van der Waals surface area contributed by atoms with E-state index in [1.807, 2.05) is 0 Å². The molecule has 2 rings (SSSR count). The molecule has 1 amide bonds. The van der Waals surface area contributed by atoms with E-state index in [-0.39, 0.29) is 44.4 Å². The molecule has 0 aromatic heterocycles. The zero-order valence-corrected chi connectivity index (χ0v) is 15.5. The number of nitrogens with two attached hydrogens (primary N) is 1. The van der Waals surface area contributed by atoms with Crippen LogP contribution in [0.25, 0.3) is 0 Å². The Morgan fingerprint density at radius 2 is 1.92 bits per heavy atom. The fourth-order valence-electron chi connectivity index (χ4n) is 2.78. The minimum absolute atomic E-state index is 0. The molecule has 26 heavy (non-hydrogen) atoms. The number of rotatable bonds is 6. The molecule has 1 aliphatic rings. The van der Waals surface area contributed by atoms with Crippen LogP contribution in [0.1, 0.15) is 25.7 Å². The number of amides is 1. The molecule has 1 saturated heterocycles. The van der Waals surface area contributed by atoms with Crippen LogP contribution in [0.2, 0.25) is 0 Å². The minimum atomic E-state index is -4.37. The predicted molar refractivity (Wildman–Crippen MR) is 91.8 cm³/mol. The molecular weight excluding hydrogens is 395 g/mol. The number of piperidine rings is 1. The highest BCUT2D eigenvalue weighted by molar-refractivity contribution is 7.89. The van der Waals surface area contributed by atoms with Crippen molar-refractivity contribution in [2.24, 2.45) is 5.73 Å². The van der Waals surface area contributed by atoms with Crippen molar-refractivity contribution in [1.29, 1.82) is 0 Å². The summed E-state index contributed by atoms with van der Waals surface area (Å²) >= 11 is 0. The maximum absolute atomic E-state index is 14.0. The first-order valence-corrected chi connectivity index (χ1v) is 9.35. The third kappa shape index (κ3) is 4.87. The Labute approximate surface area is 156 Å². The number of halogens is 4. The number of carbonyl (C=O) groups is 1. The third-order valence-corrected chi connectivity index (χ3v) is 6.04. The van der Waals surface area contributed by atoms with Crippen LogP contribution in [0.3, 0.4) is 0 Å². The van der Waals surface area contributed by atoms with E-state index in [9.17, 15) is 26.4 Å². The summed E-state index contributed by atoms with van der Waals surface area (Å²) in [6.45, 7) is 0.320. The summed E-state index contributed by atoms with van der Waals surface area (Å²) in [4.78, 5) is 10.6. The minimum Gasteiger partial charge on any atom is -0.354 e. The van der Waals surface area contributed by atoms with E-state index in [2.05, 4.69) is 5.32 Å². The fraction of sp³-hybridized carbons (Fsp3) is 0.533. The van der Waals surface area contributed by atoms with Crippen LogP contribution in [-0.4, -0.2) is 44.3 Å². The number of nitrogens with one attached hydrogen (secondary N) is 1. The molecule has 1 fully saturated rings. The highest BCUT2D eigenvalue weighted by Crippen LogP contribution is 2.28. The summed E-state index contributed by atoms with van der Waals surface area (Å²) in [7, 11) is -4.37. The van der Waals surface area contributed by atoms with E-state index in [0.29, 0.717) is 25.0 Å². The largest absolute Gasteiger partial charge is 0.354 e. The van der Waals surface area contributed by atoms with E-state index in [1.54, 1.807) is 0 Å². The average Bonchev–Trinajstić information content (AvgIpc) is 2.58. The summed E-state index contributed by atoms with van der Waals surface area (Å²) in [5.41, 5.74) is 5.28. The molecule has 1 heterocycles. The van der Waals surface area contributed by atoms with Gasteiger partial charge in [-0.15, -0.1) is 12.4 Å². The Morgan fingerprint density at radius 3 is 2.58 bits per heavy atom. The Morgan fingerprint density at radius 1 is 1.23 bits per heavy atom. The van der Waals surface area contributed by atoms with Gasteiger partial charge in [-0.2, -0.15) is 4.31 Å². The first-order valence-electron chi connectivity index (χ1n) is 7.91. The molecule has 1 aromatic carbocycles. The highest BCUT2D eigenvalue weighted by atomic mass is 35.5. The lowest BCUT2D eigenvalue weighted by Crippen LogP contribution is -2.49. The lowest BCUT2D eigenvalue weighted by atomic mass is 10.1. The van der Waals surface area contributed by atoms with Crippen molar-refractivity contribution in [2.75, 3.05) is 19.6 Å². The van der Waals surface area contributed by atoms with Gasteiger partial charge in [0.15, 0.2) is 17.5 Å². The van der Waals surface area contributed by atoms with Crippen molar-refractivity contribution in [1.82, 2.24) is 9.62 Å². The second-order valence-corrected chi connectivity index (χ2v) is 7.64. The van der Waals surface area contributed by atoms with Crippen LogP contribution in [0, 0.1) is 17.5 Å². The molecule has 1 aliphatic heterocycles. The average molecular weight is 416 g/mol. The molecular formula is C15H21ClF3N3O3S. The van der Waals surface area contributed by atoms with Gasteiger partial charge in [-0.05, 0) is 25.0 Å². The van der Waals surface area contributed by atoms with Crippen molar-refractivity contribution < 1.29 is 26.4 Å². The van der Waals surface area contributed by atoms with Crippen LogP contribution < -0.4 is 11.1 Å². The SMILES string of the molecule is Cl.NCCC(=O)NCC1CCCCN1S(=O)(=O)c1ccc(F)c(F)c1F. The molecule has 1 unspecified atom stereocenters. The van der Waals surface area contributed by atoms with Crippen LogP contribution in [0.5, 0.6) is 0 Å². The second kappa shape index (κ2) is 9.54. The third-order valence-electron chi connectivity index (χ3n) is 4.07. The van der Waals surface area contributed by atoms with Crippen LogP contribution >= 0.6 is 12.4 Å². The molecule has 148 valence electrons. The summed E-state index contributed by atoms with van der Waals surface area (Å²) in [6.07, 6.45) is 1.87. The lowest BCUT2D eigenvalue weighted by Gasteiger charge is -2.34. The highest BCUT2D eigenvalue weighted by Gasteiger charge is 2.36. The van der Waals surface area contributed by atoms with Crippen molar-refractivity contribution in [3.63, 3.8) is 0 Å². The molecule has 0 aliphatic carbocycles. The van der Waals surface area contributed by atoms with E-state index in [4.69, 9.17) is 5.73 Å². The molecule has 11 heteroatoms. The van der Waals surface area contributed by atoms with Crippen molar-refractivity contribution in [3.05, 3.63) is 29.6 Å². The van der Waals surface area contributed by atoms with Crippen molar-refractivity contribution in [3.8, 4) is 0 Å². The van der Waals surface area contributed by atoms with E-state index < -0.39 is 38.4 Å². The summed E-state index contributed by atoms with van der Waals surface area (Å²) in [6, 6.07) is 0.697. The normalized spacial score (nSPS) is 18.2. The molecule has 0 radical (unpaired) electrons. The lowest BCUT2D eigenvalue weighted by molar-refractivity contribution is -0.121. The summed E-state index contributed by atoms with van der Waals surface area (Å²) in [5.74, 6) is -5.34. The van der Waals surface area contributed by atoms with Gasteiger partial charge in [0.05, 0.1) is 0 Å². The Kier molecular flexibility index (Phi) is 8.32. The van der Waals surface area contributed by atoms with Crippen molar-refractivity contribution in [2.45, 2.75) is 36.6 Å². The van der Waals surface area contributed by atoms with E-state index >= 15 is 0 Å². The summed E-state index contributed by atoms with van der Waals surface area (Å²) in [5, 5.41) is 2.59. The molecule has 3 N–H and O–H groups in total. The smallest absolute Gasteiger partial charge is 0.246 e. The number of sulfonamides is 1. The van der Waals surface area contributed by atoms with Crippen LogP contribution in [-0.2, 0) is 14.8 Å². The van der Waals surface area contributed by atoms with Gasteiger partial charge in [-0.3, -0.25) is 4.79 Å². The first kappa shape index (κ1) is 22.7. The topological polar surface area (TPSA) is 92.5 Å². The van der Waals surface area contributed by atoms with Crippen molar-refractivity contribution >= 4 is 28.3 Å². The Balaban J connectivity index is 0.00000338. The predicted octanol–water partition coefficient (Wildman–Crippen LogP) is 1.53. The number of hydrogen-bond donors (Lipinski definition) is 2. The van der Waals surface area contributed by atoms with Gasteiger partial charge < -0.3 is 11.1 Å². The van der Waals surface area contributed by atoms with Gasteiger partial charge in [-0.1, -0.05) is 6.42 Å². The zero-order chi connectivity index (χ0) is 18.6. The van der Waals surface area contributed by atoms with Crippen LogP contribution in [0.4, 0.5) is 13.2 Å². The standard InChI is InChI=1S/C15H20F3N3O3S.ClH/c16-11-4-5-12(15(18)14(11)17)25(23,24)21-8-2-1-3-10(21)9-20-13(22)6-7-19;/h4-5,10H,1-3,6-9,19H2,(H,20,22);1H. The maximum atomic E-state index is 14.0. The van der Waals surface area contributed by atoms with Gasteiger partial charge in [0.2, 0.25) is 15.9 Å². The van der Waals surface area contributed by atoms with E-state index in [0.717, 1.165) is 10.7 Å². The van der Waals surface area contributed by atoms with Crippen LogP contribution in [0.15, 0.2) is 17.0 Å². The van der Waals surface area contributed by atoms with E-state index in [1.165, 1.54) is 0 Å². The zero-order valence-electron chi connectivity index (χ0n) is 13.9. The van der Waals surface area contributed by atoms with Gasteiger partial charge in [0.1, 0.15) is 4.90 Å². The molecule has 6 nitrogen and oxygen atoms in total. The molecule has 0 bridgehead atoms. The van der Waals surface area contributed by atoms with Gasteiger partial charge in [0.25, 0.3) is 0 Å². The number of carbonyl (C=O) groups excluding carboxylic acids is 1. The maximum Gasteiger partial charge on any atom is 0.246 e. The number of benzene rings is 1. The molecule has 1 aromatic rings. The number of hydrogen-bond acceptors (Lipinski definition) is 4. The number of nitrogens with zero attached hydrogens (tertiary/aromatic N) is 1. The second-order valence-electron chi connectivity index (χ2n) is 5.78. The monoisotopic (exact) mass is 415 g/mol. The van der Waals surface area contributed by atoms with Gasteiger partial charge in [0, 0.05) is 32.1 Å². The molecule has 0 spiro atoms. The van der Waals surface area contributed by atoms with Gasteiger partial charge in [-0.25, -0.2) is 21.6 Å². The first-order chi connectivity index (χ1) is 11.8. The Bertz CT molecular complexity index is 749. The fourth-order valence-corrected chi connectivity index (χ4v) is 4.53. The summed E-state index contributed by atoms with van der Waals surface area (Å²) < 4.78 is 66.9.